The molecule has 0 saturated heterocycles. The Kier molecular flexibility index (Phi) is 4.75. The molecule has 0 aromatic heterocycles. The third kappa shape index (κ3) is 2.74. The molecule has 0 unspecified atom stereocenters. The minimum Gasteiger partial charge on any atom is -0.344 e. The molecule has 2 aromatic carbocycles. The second kappa shape index (κ2) is 5.65. The Balaban J connectivity index is 0.00000128. The Hall–Kier alpha value is -0.600. The van der Waals surface area contributed by atoms with Gasteiger partial charge in [-0.15, -0.1) is 12.2 Å². The van der Waals surface area contributed by atoms with Crippen LogP contribution in [0.5, 0.6) is 0 Å². The van der Waals surface area contributed by atoms with Gasteiger partial charge < -0.3 is 6.15 Å². The van der Waals surface area contributed by atoms with Gasteiger partial charge in [0.1, 0.15) is 0 Å². The molecule has 0 bridgehead atoms. The highest BCUT2D eigenvalue weighted by Crippen LogP contribution is 2.48. The molecule has 4 heteroatoms. The largest absolute Gasteiger partial charge is 0.344 e. The monoisotopic (exact) mass is 267 g/mol. The molecular formula is C12H14NPS2. The zero-order chi connectivity index (χ0) is 10.7. The lowest BCUT2D eigenvalue weighted by molar-refractivity contribution is 1.76. The summed E-state index contributed by atoms with van der Waals surface area (Å²) in [5, 5.41) is 0.426. The van der Waals surface area contributed by atoms with Gasteiger partial charge >= 0.3 is 0 Å². The van der Waals surface area contributed by atoms with Gasteiger partial charge in [0.05, 0.1) is 5.24 Å². The first-order chi connectivity index (χ1) is 7.21. The molecule has 0 atom stereocenters. The van der Waals surface area contributed by atoms with E-state index in [1.807, 2.05) is 36.4 Å². The van der Waals surface area contributed by atoms with E-state index in [9.17, 15) is 0 Å². The number of hydrogen-bond acceptors (Lipinski definition) is 2. The van der Waals surface area contributed by atoms with Crippen molar-refractivity contribution in [1.82, 2.24) is 6.15 Å². The molecule has 2 rings (SSSR count). The topological polar surface area (TPSA) is 35.0 Å². The predicted octanol–water partition coefficient (Wildman–Crippen LogP) is 3.12. The fourth-order valence-electron chi connectivity index (χ4n) is 1.41. The van der Waals surface area contributed by atoms with E-state index < -0.39 is 5.24 Å². The third-order valence-corrected chi connectivity index (χ3v) is 6.86. The molecule has 16 heavy (non-hydrogen) atoms. The van der Waals surface area contributed by atoms with Crippen LogP contribution in [0.1, 0.15) is 0 Å². The van der Waals surface area contributed by atoms with E-state index in [1.165, 1.54) is 0 Å². The average molecular weight is 267 g/mol. The smallest absolute Gasteiger partial charge is 0.0584 e. The fourth-order valence-corrected chi connectivity index (χ4v) is 4.39. The van der Waals surface area contributed by atoms with Crippen molar-refractivity contribution in [3.63, 3.8) is 0 Å². The minimum atomic E-state index is -1.87. The summed E-state index contributed by atoms with van der Waals surface area (Å²) < 4.78 is 0. The summed E-state index contributed by atoms with van der Waals surface area (Å²) in [5.41, 5.74) is 0. The maximum atomic E-state index is 5.65. The number of hydrogen-bond donors (Lipinski definition) is 2. The molecule has 0 aliphatic rings. The Morgan fingerprint density at radius 1 is 0.750 bits per heavy atom. The molecule has 84 valence electrons. The quantitative estimate of drug-likeness (QED) is 0.647. The first-order valence-electron chi connectivity index (χ1n) is 4.65. The van der Waals surface area contributed by atoms with Gasteiger partial charge in [-0.05, 0) is 10.6 Å². The Labute approximate surface area is 107 Å². The number of rotatable bonds is 2. The van der Waals surface area contributed by atoms with Gasteiger partial charge in [-0.3, -0.25) is 0 Å². The van der Waals surface area contributed by atoms with E-state index in [4.69, 9.17) is 24.1 Å². The highest BCUT2D eigenvalue weighted by Gasteiger charge is 2.15. The van der Waals surface area contributed by atoms with Crippen molar-refractivity contribution in [3.8, 4) is 0 Å². The van der Waals surface area contributed by atoms with Crippen LogP contribution in [0.25, 0.3) is 0 Å². The van der Waals surface area contributed by atoms with Crippen LogP contribution in [0.4, 0.5) is 0 Å². The first-order valence-corrected chi connectivity index (χ1v) is 8.61. The summed E-state index contributed by atoms with van der Waals surface area (Å²) >= 11 is 10.3. The van der Waals surface area contributed by atoms with Crippen molar-refractivity contribution in [2.45, 2.75) is 0 Å². The highest BCUT2D eigenvalue weighted by atomic mass is 32.9. The molecule has 1 nitrogen and oxygen atoms in total. The first kappa shape index (κ1) is 13.5. The van der Waals surface area contributed by atoms with Crippen molar-refractivity contribution in [1.29, 1.82) is 0 Å². The lowest BCUT2D eigenvalue weighted by atomic mass is 10.4. The highest BCUT2D eigenvalue weighted by molar-refractivity contribution is 8.68. The molecule has 0 radical (unpaired) electrons. The molecule has 0 amide bonds. The molecule has 2 aromatic rings. The third-order valence-electron chi connectivity index (χ3n) is 2.21. The second-order valence-corrected chi connectivity index (χ2v) is 9.69. The molecule has 0 fully saturated rings. The summed E-state index contributed by atoms with van der Waals surface area (Å²) in [5.74, 6) is 0. The van der Waals surface area contributed by atoms with E-state index in [0.29, 0.717) is 0 Å². The van der Waals surface area contributed by atoms with Gasteiger partial charge in [0.15, 0.2) is 0 Å². The second-order valence-electron chi connectivity index (χ2n) is 3.25. The van der Waals surface area contributed by atoms with Crippen LogP contribution in [0.15, 0.2) is 60.7 Å². The van der Waals surface area contributed by atoms with Crippen molar-refractivity contribution in [3.05, 3.63) is 60.7 Å². The lowest BCUT2D eigenvalue weighted by Crippen LogP contribution is -2.10. The standard InChI is InChI=1S/C12H11PS2.H3N/c14-13(15,11-7-3-1-4-8-11)12-9-5-2-6-10-12;/h1-10H,(H,14,15);1H3. The van der Waals surface area contributed by atoms with Gasteiger partial charge in [0.25, 0.3) is 0 Å². The Bertz CT molecular complexity index is 441. The molecule has 0 saturated carbocycles. The van der Waals surface area contributed by atoms with Gasteiger partial charge in [0.2, 0.25) is 0 Å². The fraction of sp³-hybridized carbons (Fsp3) is 0. The maximum Gasteiger partial charge on any atom is 0.0584 e. The lowest BCUT2D eigenvalue weighted by Gasteiger charge is -2.16. The number of benzene rings is 2. The summed E-state index contributed by atoms with van der Waals surface area (Å²) in [4.78, 5) is 0. The molecule has 0 aliphatic heterocycles. The maximum absolute atomic E-state index is 5.65. The van der Waals surface area contributed by atoms with Crippen LogP contribution in [0.2, 0.25) is 0 Å². The number of thiol groups is 1. The molecule has 0 aliphatic carbocycles. The summed E-state index contributed by atoms with van der Waals surface area (Å²) in [6.07, 6.45) is 0. The van der Waals surface area contributed by atoms with Crippen molar-refractivity contribution in [2.75, 3.05) is 0 Å². The van der Waals surface area contributed by atoms with E-state index in [-0.39, 0.29) is 6.15 Å². The zero-order valence-corrected chi connectivity index (χ0v) is 11.4. The van der Waals surface area contributed by atoms with E-state index in [2.05, 4.69) is 24.3 Å². The molecule has 0 spiro atoms. The normalized spacial score (nSPS) is 10.6. The van der Waals surface area contributed by atoms with Crippen LogP contribution >= 0.6 is 17.5 Å². The van der Waals surface area contributed by atoms with E-state index >= 15 is 0 Å². The van der Waals surface area contributed by atoms with Crippen LogP contribution < -0.4 is 16.8 Å². The SMILES string of the molecule is N.S=P(S)(c1ccccc1)c1ccccc1. The van der Waals surface area contributed by atoms with Crippen LogP contribution in [0.3, 0.4) is 0 Å². The van der Waals surface area contributed by atoms with Crippen molar-refractivity contribution in [2.24, 2.45) is 0 Å². The molecule has 0 heterocycles. The van der Waals surface area contributed by atoms with Crippen LogP contribution in [-0.4, -0.2) is 0 Å². The van der Waals surface area contributed by atoms with Gasteiger partial charge in [-0.25, -0.2) is 0 Å². The zero-order valence-electron chi connectivity index (χ0n) is 8.78. The molecular weight excluding hydrogens is 253 g/mol. The van der Waals surface area contributed by atoms with Crippen molar-refractivity contribution < 1.29 is 0 Å². The average Bonchev–Trinajstić information content (AvgIpc) is 2.31. The Morgan fingerprint density at radius 2 is 1.06 bits per heavy atom. The van der Waals surface area contributed by atoms with Crippen LogP contribution in [0, 0.1) is 0 Å². The van der Waals surface area contributed by atoms with Crippen LogP contribution in [-0.2, 0) is 11.8 Å². The van der Waals surface area contributed by atoms with E-state index in [1.54, 1.807) is 0 Å². The van der Waals surface area contributed by atoms with Crippen molar-refractivity contribution >= 4 is 39.9 Å². The van der Waals surface area contributed by atoms with Gasteiger partial charge in [-0.2, -0.15) is 0 Å². The summed E-state index contributed by atoms with van der Waals surface area (Å²) in [6.45, 7) is 0. The predicted molar refractivity (Wildman–Crippen MR) is 80.4 cm³/mol. The minimum absolute atomic E-state index is 0. The Morgan fingerprint density at radius 3 is 1.38 bits per heavy atom. The van der Waals surface area contributed by atoms with Gasteiger partial charge in [-0.1, -0.05) is 72.5 Å². The summed E-state index contributed by atoms with van der Waals surface area (Å²) in [6, 6.07) is 20.3. The summed E-state index contributed by atoms with van der Waals surface area (Å²) in [7, 11) is 0. The van der Waals surface area contributed by atoms with E-state index in [0.717, 1.165) is 10.6 Å². The van der Waals surface area contributed by atoms with Gasteiger partial charge in [0, 0.05) is 0 Å². The molecule has 3 N–H and O–H groups in total.